The van der Waals surface area contributed by atoms with Crippen LogP contribution < -0.4 is 10.2 Å². The van der Waals surface area contributed by atoms with Gasteiger partial charge in [-0.2, -0.15) is 0 Å². The van der Waals surface area contributed by atoms with Gasteiger partial charge in [0.25, 0.3) is 0 Å². The summed E-state index contributed by atoms with van der Waals surface area (Å²) in [5.74, 6) is 0. The average Bonchev–Trinajstić information content (AvgIpc) is 2.53. The lowest BCUT2D eigenvalue weighted by molar-refractivity contribution is 0.862. The number of anilines is 3. The molecule has 0 fully saturated rings. The van der Waals surface area contributed by atoms with E-state index in [0.29, 0.717) is 0 Å². The lowest BCUT2D eigenvalue weighted by Gasteiger charge is -2.27. The zero-order valence-corrected chi connectivity index (χ0v) is 13.8. The number of nitrogens with zero attached hydrogens (tertiary/aromatic N) is 1. The van der Waals surface area contributed by atoms with Gasteiger partial charge in [-0.1, -0.05) is 30.8 Å². The summed E-state index contributed by atoms with van der Waals surface area (Å²) >= 11 is 1.88. The van der Waals surface area contributed by atoms with E-state index in [-0.39, 0.29) is 0 Å². The van der Waals surface area contributed by atoms with Gasteiger partial charge in [-0.15, -0.1) is 0 Å². The van der Waals surface area contributed by atoms with Crippen LogP contribution in [-0.2, 0) is 6.42 Å². The molecule has 0 spiro atoms. The summed E-state index contributed by atoms with van der Waals surface area (Å²) in [6.45, 7) is 8.76. The van der Waals surface area contributed by atoms with Crippen molar-refractivity contribution in [2.45, 2.75) is 37.0 Å². The van der Waals surface area contributed by atoms with E-state index in [1.807, 2.05) is 11.8 Å². The monoisotopic (exact) mass is 298 g/mol. The van der Waals surface area contributed by atoms with Gasteiger partial charge >= 0.3 is 0 Å². The SMILES string of the molecule is CCc1cc(N(CC)CC)cc2c1Nc1ccccc1S2. The van der Waals surface area contributed by atoms with Gasteiger partial charge in [0.1, 0.15) is 0 Å². The summed E-state index contributed by atoms with van der Waals surface area (Å²) in [7, 11) is 0. The average molecular weight is 298 g/mol. The van der Waals surface area contributed by atoms with Crippen LogP contribution in [0, 0.1) is 0 Å². The molecule has 2 nitrogen and oxygen atoms in total. The first-order valence-corrected chi connectivity index (χ1v) is 8.54. The fourth-order valence-corrected chi connectivity index (χ4v) is 3.92. The van der Waals surface area contributed by atoms with Gasteiger partial charge in [0.2, 0.25) is 0 Å². The number of nitrogens with one attached hydrogen (secondary N) is 1. The number of para-hydroxylation sites is 1. The van der Waals surface area contributed by atoms with Crippen molar-refractivity contribution in [1.29, 1.82) is 0 Å². The summed E-state index contributed by atoms with van der Waals surface area (Å²) in [5, 5.41) is 3.62. The lowest BCUT2D eigenvalue weighted by atomic mass is 10.1. The van der Waals surface area contributed by atoms with Crippen molar-refractivity contribution in [3.05, 3.63) is 42.0 Å². The molecule has 110 valence electrons. The molecule has 0 saturated heterocycles. The van der Waals surface area contributed by atoms with Gasteiger partial charge in [0.15, 0.2) is 0 Å². The van der Waals surface area contributed by atoms with Crippen LogP contribution in [0.3, 0.4) is 0 Å². The van der Waals surface area contributed by atoms with Gasteiger partial charge in [-0.25, -0.2) is 0 Å². The first-order valence-electron chi connectivity index (χ1n) is 7.72. The number of fused-ring (bicyclic) bond motifs is 2. The van der Waals surface area contributed by atoms with E-state index in [2.05, 4.69) is 67.4 Å². The Morgan fingerprint density at radius 3 is 2.48 bits per heavy atom. The predicted molar refractivity (Wildman–Crippen MR) is 93.2 cm³/mol. The molecule has 2 aromatic carbocycles. The molecule has 21 heavy (non-hydrogen) atoms. The molecule has 1 aliphatic rings. The number of rotatable bonds is 4. The lowest BCUT2D eigenvalue weighted by Crippen LogP contribution is -2.22. The van der Waals surface area contributed by atoms with Gasteiger partial charge < -0.3 is 10.2 Å². The molecule has 3 rings (SSSR count). The summed E-state index contributed by atoms with van der Waals surface area (Å²) in [6, 6.07) is 13.2. The highest BCUT2D eigenvalue weighted by molar-refractivity contribution is 7.99. The number of benzene rings is 2. The third-order valence-corrected chi connectivity index (χ3v) is 5.16. The molecular formula is C18H22N2S. The molecular weight excluding hydrogens is 276 g/mol. The Morgan fingerprint density at radius 2 is 1.76 bits per heavy atom. The van der Waals surface area contributed by atoms with Crippen LogP contribution >= 0.6 is 11.8 Å². The number of aryl methyl sites for hydroxylation is 1. The first-order chi connectivity index (χ1) is 10.3. The van der Waals surface area contributed by atoms with E-state index >= 15 is 0 Å². The van der Waals surface area contributed by atoms with Gasteiger partial charge in [0, 0.05) is 28.6 Å². The Morgan fingerprint density at radius 1 is 1.00 bits per heavy atom. The van der Waals surface area contributed by atoms with E-state index in [0.717, 1.165) is 19.5 Å². The molecule has 0 bridgehead atoms. The van der Waals surface area contributed by atoms with Crippen molar-refractivity contribution < 1.29 is 0 Å². The third-order valence-electron chi connectivity index (χ3n) is 4.04. The van der Waals surface area contributed by atoms with E-state index < -0.39 is 0 Å². The van der Waals surface area contributed by atoms with Crippen molar-refractivity contribution in [2.75, 3.05) is 23.3 Å². The highest BCUT2D eigenvalue weighted by Crippen LogP contribution is 2.47. The van der Waals surface area contributed by atoms with E-state index in [1.165, 1.54) is 32.4 Å². The topological polar surface area (TPSA) is 15.3 Å². The maximum atomic E-state index is 3.62. The van der Waals surface area contributed by atoms with Crippen LogP contribution in [0.4, 0.5) is 17.1 Å². The van der Waals surface area contributed by atoms with Crippen molar-refractivity contribution in [1.82, 2.24) is 0 Å². The Labute approximate surface area is 131 Å². The molecule has 0 unspecified atom stereocenters. The van der Waals surface area contributed by atoms with E-state index in [1.54, 1.807) is 0 Å². The van der Waals surface area contributed by atoms with Gasteiger partial charge in [-0.3, -0.25) is 0 Å². The highest BCUT2D eigenvalue weighted by Gasteiger charge is 2.19. The smallest absolute Gasteiger partial charge is 0.0560 e. The Bertz CT molecular complexity index is 648. The highest BCUT2D eigenvalue weighted by atomic mass is 32.2. The van der Waals surface area contributed by atoms with Crippen molar-refractivity contribution >= 4 is 28.8 Å². The molecule has 1 heterocycles. The van der Waals surface area contributed by atoms with Gasteiger partial charge in [0.05, 0.1) is 11.4 Å². The van der Waals surface area contributed by atoms with Gasteiger partial charge in [-0.05, 0) is 50.1 Å². The molecule has 0 aliphatic carbocycles. The molecule has 0 radical (unpaired) electrons. The van der Waals surface area contributed by atoms with Crippen molar-refractivity contribution in [3.8, 4) is 0 Å². The first kappa shape index (κ1) is 14.3. The number of hydrogen-bond acceptors (Lipinski definition) is 3. The molecule has 0 amide bonds. The second kappa shape index (κ2) is 6.02. The maximum Gasteiger partial charge on any atom is 0.0560 e. The quantitative estimate of drug-likeness (QED) is 0.703. The predicted octanol–water partition coefficient (Wildman–Crippen LogP) is 5.30. The Kier molecular flexibility index (Phi) is 4.11. The normalized spacial score (nSPS) is 12.3. The molecule has 3 heteroatoms. The minimum atomic E-state index is 1.05. The standard InChI is InChI=1S/C18H22N2S/c1-4-13-11-14(20(5-2)6-3)12-17-18(13)19-15-9-7-8-10-16(15)21-17/h7-12,19H,4-6H2,1-3H3. The third kappa shape index (κ3) is 2.62. The second-order valence-corrected chi connectivity index (χ2v) is 6.31. The summed E-state index contributed by atoms with van der Waals surface area (Å²) in [5.41, 5.74) is 5.25. The fourth-order valence-electron chi connectivity index (χ4n) is 2.84. The minimum Gasteiger partial charge on any atom is -0.372 e. The maximum absolute atomic E-state index is 3.62. The van der Waals surface area contributed by atoms with E-state index in [4.69, 9.17) is 0 Å². The second-order valence-electron chi connectivity index (χ2n) is 5.23. The Balaban J connectivity index is 2.06. The van der Waals surface area contributed by atoms with Crippen LogP contribution in [0.25, 0.3) is 0 Å². The van der Waals surface area contributed by atoms with Crippen LogP contribution in [0.15, 0.2) is 46.2 Å². The van der Waals surface area contributed by atoms with Crippen molar-refractivity contribution in [3.63, 3.8) is 0 Å². The van der Waals surface area contributed by atoms with Crippen LogP contribution in [0.5, 0.6) is 0 Å². The summed E-state index contributed by atoms with van der Waals surface area (Å²) in [4.78, 5) is 5.07. The molecule has 1 aliphatic heterocycles. The summed E-state index contributed by atoms with van der Waals surface area (Å²) in [6.07, 6.45) is 1.05. The minimum absolute atomic E-state index is 1.05. The van der Waals surface area contributed by atoms with Crippen molar-refractivity contribution in [2.24, 2.45) is 0 Å². The molecule has 1 N–H and O–H groups in total. The zero-order valence-electron chi connectivity index (χ0n) is 12.9. The van der Waals surface area contributed by atoms with E-state index in [9.17, 15) is 0 Å². The van der Waals surface area contributed by atoms with Crippen LogP contribution in [-0.4, -0.2) is 13.1 Å². The largest absolute Gasteiger partial charge is 0.372 e. The molecule has 0 aromatic heterocycles. The molecule has 0 saturated carbocycles. The fraction of sp³-hybridized carbons (Fsp3) is 0.333. The Hall–Kier alpha value is -1.61. The zero-order chi connectivity index (χ0) is 14.8. The van der Waals surface area contributed by atoms with Crippen LogP contribution in [0.2, 0.25) is 0 Å². The molecule has 2 aromatic rings. The number of hydrogen-bond donors (Lipinski definition) is 1. The molecule has 0 atom stereocenters. The van der Waals surface area contributed by atoms with Crippen LogP contribution in [0.1, 0.15) is 26.3 Å². The summed E-state index contributed by atoms with van der Waals surface area (Å²) < 4.78 is 0.